The fraction of sp³-hybridized carbons (Fsp3) is 0.167. The van der Waals surface area contributed by atoms with Gasteiger partial charge in [-0.25, -0.2) is 9.48 Å². The van der Waals surface area contributed by atoms with Crippen LogP contribution < -0.4 is 10.1 Å². The quantitative estimate of drug-likeness (QED) is 0.782. The van der Waals surface area contributed by atoms with E-state index in [-0.39, 0.29) is 6.03 Å². The Bertz CT molecular complexity index is 904. The number of carbonyl (C=O) groups is 1. The van der Waals surface area contributed by atoms with Crippen LogP contribution in [0.15, 0.2) is 54.7 Å². The van der Waals surface area contributed by atoms with E-state index < -0.39 is 0 Å². The monoisotopic (exact) mass is 335 g/mol. The summed E-state index contributed by atoms with van der Waals surface area (Å²) in [4.78, 5) is 14.5. The highest BCUT2D eigenvalue weighted by Gasteiger charge is 2.23. The Labute approximate surface area is 144 Å². The smallest absolute Gasteiger partial charge is 0.322 e. The van der Waals surface area contributed by atoms with Crippen molar-refractivity contribution >= 4 is 11.7 Å². The minimum absolute atomic E-state index is 0.172. The van der Waals surface area contributed by atoms with Gasteiger partial charge in [0, 0.05) is 12.2 Å². The van der Waals surface area contributed by atoms with Crippen LogP contribution in [0, 0.1) is 0 Å². The Morgan fingerprint density at radius 1 is 1.12 bits per heavy atom. The molecule has 1 aliphatic heterocycles. The van der Waals surface area contributed by atoms with E-state index in [1.807, 2.05) is 48.5 Å². The number of ether oxygens (including phenoxy) is 1. The predicted octanol–water partition coefficient (Wildman–Crippen LogP) is 2.82. The lowest BCUT2D eigenvalue weighted by Gasteiger charge is -2.21. The molecule has 0 spiro atoms. The zero-order valence-electron chi connectivity index (χ0n) is 13.7. The number of nitrogens with zero attached hydrogens (tertiary/aromatic N) is 4. The Kier molecular flexibility index (Phi) is 3.81. The third kappa shape index (κ3) is 2.91. The topological polar surface area (TPSA) is 72.3 Å². The van der Waals surface area contributed by atoms with Gasteiger partial charge in [0.05, 0.1) is 31.2 Å². The lowest BCUT2D eigenvalue weighted by molar-refractivity contribution is 0.206. The van der Waals surface area contributed by atoms with E-state index in [1.165, 1.54) is 0 Å². The van der Waals surface area contributed by atoms with Crippen molar-refractivity contribution in [1.82, 2.24) is 19.9 Å². The summed E-state index contributed by atoms with van der Waals surface area (Å²) in [5.41, 5.74) is 3.57. The van der Waals surface area contributed by atoms with Gasteiger partial charge in [-0.05, 0) is 35.9 Å². The molecule has 0 unspecified atom stereocenters. The average Bonchev–Trinajstić information content (AvgIpc) is 3.04. The summed E-state index contributed by atoms with van der Waals surface area (Å²) in [7, 11) is 1.61. The predicted molar refractivity (Wildman–Crippen MR) is 92.6 cm³/mol. The molecule has 3 aromatic rings. The number of methoxy groups -OCH3 is 1. The van der Waals surface area contributed by atoms with Gasteiger partial charge in [0.1, 0.15) is 5.75 Å². The van der Waals surface area contributed by atoms with Crippen LogP contribution in [0.5, 0.6) is 5.75 Å². The number of carbonyl (C=O) groups excluding carboxylic acids is 1. The van der Waals surface area contributed by atoms with E-state index in [0.29, 0.717) is 13.1 Å². The minimum atomic E-state index is -0.172. The maximum absolute atomic E-state index is 12.7. The second-order valence-corrected chi connectivity index (χ2v) is 5.78. The SMILES string of the molecule is COc1ccc(NC(=O)N2Cc3ccccc3-n3nncc3C2)cc1. The van der Waals surface area contributed by atoms with Crippen molar-refractivity contribution in [3.63, 3.8) is 0 Å². The second kappa shape index (κ2) is 6.27. The Balaban J connectivity index is 1.59. The largest absolute Gasteiger partial charge is 0.497 e. The van der Waals surface area contributed by atoms with Crippen LogP contribution in [0.25, 0.3) is 5.69 Å². The Morgan fingerprint density at radius 2 is 1.92 bits per heavy atom. The first-order chi connectivity index (χ1) is 12.2. The highest BCUT2D eigenvalue weighted by molar-refractivity contribution is 5.89. The molecule has 0 saturated heterocycles. The number of hydrogen-bond donors (Lipinski definition) is 1. The van der Waals surface area contributed by atoms with Crippen LogP contribution in [0.2, 0.25) is 0 Å². The number of urea groups is 1. The third-order valence-corrected chi connectivity index (χ3v) is 4.18. The maximum atomic E-state index is 12.7. The first kappa shape index (κ1) is 15.2. The normalized spacial score (nSPS) is 12.8. The summed E-state index contributed by atoms with van der Waals surface area (Å²) in [6.07, 6.45) is 1.69. The van der Waals surface area contributed by atoms with Crippen molar-refractivity contribution < 1.29 is 9.53 Å². The molecule has 1 aromatic heterocycles. The van der Waals surface area contributed by atoms with E-state index >= 15 is 0 Å². The summed E-state index contributed by atoms with van der Waals surface area (Å²) in [6, 6.07) is 15.0. The molecule has 0 aliphatic carbocycles. The van der Waals surface area contributed by atoms with Crippen LogP contribution in [0.3, 0.4) is 0 Å². The van der Waals surface area contributed by atoms with E-state index in [0.717, 1.165) is 28.4 Å². The number of benzene rings is 2. The summed E-state index contributed by atoms with van der Waals surface area (Å²) >= 11 is 0. The average molecular weight is 335 g/mol. The van der Waals surface area contributed by atoms with Crippen LogP contribution >= 0.6 is 0 Å². The van der Waals surface area contributed by atoms with Gasteiger partial charge in [0.2, 0.25) is 0 Å². The summed E-state index contributed by atoms with van der Waals surface area (Å²) < 4.78 is 6.92. The van der Waals surface area contributed by atoms with Crippen LogP contribution in [0.4, 0.5) is 10.5 Å². The Morgan fingerprint density at radius 3 is 2.72 bits per heavy atom. The van der Waals surface area contributed by atoms with Crippen molar-refractivity contribution in [2.45, 2.75) is 13.1 Å². The van der Waals surface area contributed by atoms with Gasteiger partial charge in [-0.15, -0.1) is 5.10 Å². The number of para-hydroxylation sites is 1. The zero-order chi connectivity index (χ0) is 17.2. The van der Waals surface area contributed by atoms with Crippen molar-refractivity contribution in [2.24, 2.45) is 0 Å². The van der Waals surface area contributed by atoms with Gasteiger partial charge in [-0.3, -0.25) is 0 Å². The lowest BCUT2D eigenvalue weighted by atomic mass is 10.2. The van der Waals surface area contributed by atoms with Crippen molar-refractivity contribution in [3.05, 3.63) is 66.0 Å². The lowest BCUT2D eigenvalue weighted by Crippen LogP contribution is -2.33. The number of nitrogens with one attached hydrogen (secondary N) is 1. The first-order valence-corrected chi connectivity index (χ1v) is 7.92. The number of fused-ring (bicyclic) bond motifs is 3. The molecule has 2 aromatic carbocycles. The van der Waals surface area contributed by atoms with Crippen molar-refractivity contribution in [3.8, 4) is 11.4 Å². The standard InChI is InChI=1S/C18H17N5O2/c1-25-16-8-6-14(7-9-16)20-18(24)22-11-13-4-2-3-5-17(13)23-15(12-22)10-19-21-23/h2-10H,11-12H2,1H3,(H,20,24). The van der Waals surface area contributed by atoms with Crippen molar-refractivity contribution in [2.75, 3.05) is 12.4 Å². The Hall–Kier alpha value is -3.35. The number of amides is 2. The van der Waals surface area contributed by atoms with Gasteiger partial charge in [0.25, 0.3) is 0 Å². The molecule has 7 nitrogen and oxygen atoms in total. The number of aromatic nitrogens is 3. The molecule has 126 valence electrons. The molecule has 7 heteroatoms. The highest BCUT2D eigenvalue weighted by atomic mass is 16.5. The molecule has 4 rings (SSSR count). The fourth-order valence-electron chi connectivity index (χ4n) is 2.90. The molecule has 2 heterocycles. The molecule has 2 amide bonds. The van der Waals surface area contributed by atoms with E-state index in [2.05, 4.69) is 15.6 Å². The molecule has 0 atom stereocenters. The van der Waals surface area contributed by atoms with E-state index in [4.69, 9.17) is 4.74 Å². The number of rotatable bonds is 2. The fourth-order valence-corrected chi connectivity index (χ4v) is 2.90. The molecule has 0 fully saturated rings. The first-order valence-electron chi connectivity index (χ1n) is 7.92. The molecule has 1 N–H and O–H groups in total. The van der Waals surface area contributed by atoms with Gasteiger partial charge in [-0.2, -0.15) is 0 Å². The summed E-state index contributed by atoms with van der Waals surface area (Å²) in [5, 5.41) is 11.1. The third-order valence-electron chi connectivity index (χ3n) is 4.18. The molecule has 0 bridgehead atoms. The zero-order valence-corrected chi connectivity index (χ0v) is 13.7. The van der Waals surface area contributed by atoms with Gasteiger partial charge in [0.15, 0.2) is 0 Å². The van der Waals surface area contributed by atoms with E-state index in [1.54, 1.807) is 22.9 Å². The molecule has 0 saturated carbocycles. The summed E-state index contributed by atoms with van der Waals surface area (Å²) in [5.74, 6) is 0.747. The van der Waals surface area contributed by atoms with Crippen molar-refractivity contribution in [1.29, 1.82) is 0 Å². The highest BCUT2D eigenvalue weighted by Crippen LogP contribution is 2.24. The molecular formula is C18H17N5O2. The maximum Gasteiger partial charge on any atom is 0.322 e. The van der Waals surface area contributed by atoms with Gasteiger partial charge >= 0.3 is 6.03 Å². The van der Waals surface area contributed by atoms with E-state index in [9.17, 15) is 4.79 Å². The molecule has 25 heavy (non-hydrogen) atoms. The van der Waals surface area contributed by atoms with Crippen LogP contribution in [0.1, 0.15) is 11.3 Å². The number of hydrogen-bond acceptors (Lipinski definition) is 4. The van der Waals surface area contributed by atoms with Crippen LogP contribution in [-0.4, -0.2) is 33.0 Å². The number of anilines is 1. The summed E-state index contributed by atoms with van der Waals surface area (Å²) in [6.45, 7) is 0.936. The minimum Gasteiger partial charge on any atom is -0.497 e. The molecule has 1 aliphatic rings. The molecular weight excluding hydrogens is 318 g/mol. The van der Waals surface area contributed by atoms with Gasteiger partial charge in [-0.1, -0.05) is 23.4 Å². The molecule has 0 radical (unpaired) electrons. The van der Waals surface area contributed by atoms with Crippen LogP contribution in [-0.2, 0) is 13.1 Å². The van der Waals surface area contributed by atoms with Gasteiger partial charge < -0.3 is 15.0 Å². The second-order valence-electron chi connectivity index (χ2n) is 5.78.